The number of rotatable bonds is 4. The fourth-order valence-corrected chi connectivity index (χ4v) is 2.26. The average molecular weight is 298 g/mol. The molecule has 3 rings (SSSR count). The lowest BCUT2D eigenvalue weighted by molar-refractivity contribution is -0.127. The number of primary amides is 1. The Bertz CT molecular complexity index is 767. The number of hydrogen-bond acceptors (Lipinski definition) is 5. The maximum Gasteiger partial charge on any atom is 0.261 e. The fourth-order valence-electron chi connectivity index (χ4n) is 2.26. The number of nitrogens with zero attached hydrogens (tertiary/aromatic N) is 2. The molecule has 7 heteroatoms. The number of amides is 2. The molecule has 0 radical (unpaired) electrons. The molecule has 2 aromatic rings. The van der Waals surface area contributed by atoms with Crippen molar-refractivity contribution in [2.45, 2.75) is 12.5 Å². The molecule has 1 atom stereocenters. The molecule has 2 amide bonds. The summed E-state index contributed by atoms with van der Waals surface area (Å²) in [6, 6.07) is 8.99. The predicted molar refractivity (Wildman–Crippen MR) is 80.2 cm³/mol. The van der Waals surface area contributed by atoms with Gasteiger partial charge in [0.15, 0.2) is 0 Å². The Balaban J connectivity index is 1.69. The highest BCUT2D eigenvalue weighted by molar-refractivity contribution is 6.07. The van der Waals surface area contributed by atoms with Gasteiger partial charge in [-0.05, 0) is 18.2 Å². The van der Waals surface area contributed by atoms with Crippen LogP contribution in [0.2, 0.25) is 0 Å². The summed E-state index contributed by atoms with van der Waals surface area (Å²) in [5.74, 6) is -0.797. The first-order chi connectivity index (χ1) is 10.6. The Hall–Kier alpha value is -2.96. The number of hydrogen-bond donors (Lipinski definition) is 2. The maximum absolute atomic E-state index is 12.3. The van der Waals surface area contributed by atoms with Crippen LogP contribution in [0.4, 0.5) is 0 Å². The van der Waals surface area contributed by atoms with Crippen LogP contribution < -0.4 is 11.1 Å². The molecule has 112 valence electrons. The Morgan fingerprint density at radius 2 is 2.18 bits per heavy atom. The van der Waals surface area contributed by atoms with Crippen molar-refractivity contribution in [1.29, 1.82) is 0 Å². The minimum atomic E-state index is -0.742. The molecule has 0 fully saturated rings. The third-order valence-electron chi connectivity index (χ3n) is 3.39. The van der Waals surface area contributed by atoms with Gasteiger partial charge in [-0.1, -0.05) is 17.3 Å². The van der Waals surface area contributed by atoms with Gasteiger partial charge in [0, 0.05) is 23.6 Å². The van der Waals surface area contributed by atoms with Crippen LogP contribution >= 0.6 is 0 Å². The number of carbonyl (C=O) groups is 2. The average Bonchev–Trinajstić information content (AvgIpc) is 3.01. The van der Waals surface area contributed by atoms with E-state index < -0.39 is 12.0 Å². The number of benzene rings is 1. The van der Waals surface area contributed by atoms with Crippen LogP contribution in [-0.4, -0.2) is 35.2 Å². The second-order valence-electron chi connectivity index (χ2n) is 4.92. The first-order valence-electron chi connectivity index (χ1n) is 6.78. The molecule has 0 spiro atoms. The van der Waals surface area contributed by atoms with E-state index in [0.717, 1.165) is 10.9 Å². The highest BCUT2D eigenvalue weighted by atomic mass is 16.6. The van der Waals surface area contributed by atoms with E-state index in [1.54, 1.807) is 24.4 Å². The molecule has 0 bridgehead atoms. The van der Waals surface area contributed by atoms with Gasteiger partial charge in [-0.15, -0.1) is 0 Å². The minimum absolute atomic E-state index is 0.208. The summed E-state index contributed by atoms with van der Waals surface area (Å²) >= 11 is 0. The van der Waals surface area contributed by atoms with Gasteiger partial charge in [0.05, 0.1) is 17.8 Å². The zero-order valence-corrected chi connectivity index (χ0v) is 11.7. The Morgan fingerprint density at radius 1 is 1.32 bits per heavy atom. The lowest BCUT2D eigenvalue weighted by Crippen LogP contribution is -2.32. The van der Waals surface area contributed by atoms with Crippen molar-refractivity contribution < 1.29 is 14.4 Å². The zero-order chi connectivity index (χ0) is 15.5. The van der Waals surface area contributed by atoms with E-state index in [0.29, 0.717) is 17.7 Å². The number of oxime groups is 1. The molecule has 0 aliphatic carbocycles. The van der Waals surface area contributed by atoms with E-state index in [-0.39, 0.29) is 12.5 Å². The van der Waals surface area contributed by atoms with Crippen LogP contribution in [0.3, 0.4) is 0 Å². The molecule has 22 heavy (non-hydrogen) atoms. The molecule has 0 saturated heterocycles. The molecular weight excluding hydrogens is 284 g/mol. The predicted octanol–water partition coefficient (Wildman–Crippen LogP) is 0.595. The summed E-state index contributed by atoms with van der Waals surface area (Å²) in [5.41, 5.74) is 7.01. The summed E-state index contributed by atoms with van der Waals surface area (Å²) in [4.78, 5) is 32.4. The molecule has 3 N–H and O–H groups in total. The van der Waals surface area contributed by atoms with E-state index >= 15 is 0 Å². The van der Waals surface area contributed by atoms with E-state index in [1.807, 2.05) is 12.1 Å². The first-order valence-corrected chi connectivity index (χ1v) is 6.78. The van der Waals surface area contributed by atoms with Gasteiger partial charge < -0.3 is 15.9 Å². The van der Waals surface area contributed by atoms with E-state index in [4.69, 9.17) is 10.6 Å². The standard InChI is InChI=1S/C15H14N4O3/c16-14(20)13-7-9(19-22-13)8-18-15(21)11-3-1-5-12-10(11)4-2-6-17-12/h1-6,13H,7-8H2,(H2,16,20)(H,18,21). The van der Waals surface area contributed by atoms with Gasteiger partial charge in [-0.3, -0.25) is 14.6 Å². The lowest BCUT2D eigenvalue weighted by atomic mass is 10.1. The highest BCUT2D eigenvalue weighted by Crippen LogP contribution is 2.16. The summed E-state index contributed by atoms with van der Waals surface area (Å²) in [7, 11) is 0. The quantitative estimate of drug-likeness (QED) is 0.861. The molecule has 1 aromatic heterocycles. The van der Waals surface area contributed by atoms with Gasteiger partial charge in [-0.25, -0.2) is 0 Å². The van der Waals surface area contributed by atoms with Crippen LogP contribution in [0, 0.1) is 0 Å². The Labute approximate surface area is 126 Å². The molecule has 1 unspecified atom stereocenters. The minimum Gasteiger partial charge on any atom is -0.382 e. The number of nitrogens with one attached hydrogen (secondary N) is 1. The summed E-state index contributed by atoms with van der Waals surface area (Å²) in [5, 5.41) is 7.30. The van der Waals surface area contributed by atoms with Gasteiger partial charge in [0.25, 0.3) is 11.8 Å². The van der Waals surface area contributed by atoms with Gasteiger partial charge in [0.2, 0.25) is 6.10 Å². The van der Waals surface area contributed by atoms with Crippen LogP contribution in [0.5, 0.6) is 0 Å². The topological polar surface area (TPSA) is 107 Å². The fraction of sp³-hybridized carbons (Fsp3) is 0.200. The maximum atomic E-state index is 12.3. The molecule has 1 aliphatic rings. The van der Waals surface area contributed by atoms with Crippen molar-refractivity contribution in [1.82, 2.24) is 10.3 Å². The van der Waals surface area contributed by atoms with Gasteiger partial charge in [0.1, 0.15) is 0 Å². The van der Waals surface area contributed by atoms with E-state index in [1.165, 1.54) is 0 Å². The van der Waals surface area contributed by atoms with E-state index in [9.17, 15) is 9.59 Å². The molecule has 0 saturated carbocycles. The zero-order valence-electron chi connectivity index (χ0n) is 11.7. The van der Waals surface area contributed by atoms with Crippen molar-refractivity contribution in [3.63, 3.8) is 0 Å². The second-order valence-corrected chi connectivity index (χ2v) is 4.92. The monoisotopic (exact) mass is 298 g/mol. The van der Waals surface area contributed by atoms with Crippen LogP contribution in [0.1, 0.15) is 16.8 Å². The Kier molecular flexibility index (Phi) is 3.69. The molecule has 2 heterocycles. The number of nitrogens with two attached hydrogens (primary N) is 1. The summed E-state index contributed by atoms with van der Waals surface area (Å²) in [6.45, 7) is 0.208. The second kappa shape index (κ2) is 5.80. The number of fused-ring (bicyclic) bond motifs is 1. The number of pyridine rings is 1. The molecule has 7 nitrogen and oxygen atoms in total. The number of carbonyl (C=O) groups excluding carboxylic acids is 2. The highest BCUT2D eigenvalue weighted by Gasteiger charge is 2.26. The summed E-state index contributed by atoms with van der Waals surface area (Å²) in [6.07, 6.45) is 1.24. The Morgan fingerprint density at radius 3 is 2.95 bits per heavy atom. The van der Waals surface area contributed by atoms with E-state index in [2.05, 4.69) is 15.5 Å². The molecule has 1 aromatic carbocycles. The SMILES string of the molecule is NC(=O)C1CC(CNC(=O)c2cccc3ncccc23)=NO1. The normalized spacial score (nSPS) is 16.9. The van der Waals surface area contributed by atoms with Crippen molar-refractivity contribution >= 4 is 28.4 Å². The van der Waals surface area contributed by atoms with Gasteiger partial charge >= 0.3 is 0 Å². The van der Waals surface area contributed by atoms with Crippen LogP contribution in [0.25, 0.3) is 10.9 Å². The van der Waals surface area contributed by atoms with Crippen molar-refractivity contribution in [2.75, 3.05) is 6.54 Å². The molecule has 1 aliphatic heterocycles. The number of aromatic nitrogens is 1. The first kappa shape index (κ1) is 14.0. The van der Waals surface area contributed by atoms with Gasteiger partial charge in [-0.2, -0.15) is 0 Å². The van der Waals surface area contributed by atoms with Crippen molar-refractivity contribution in [3.8, 4) is 0 Å². The van der Waals surface area contributed by atoms with Crippen LogP contribution in [0.15, 0.2) is 41.7 Å². The molecular formula is C15H14N4O3. The smallest absolute Gasteiger partial charge is 0.261 e. The van der Waals surface area contributed by atoms with Crippen LogP contribution in [-0.2, 0) is 9.63 Å². The third kappa shape index (κ3) is 2.73. The third-order valence-corrected chi connectivity index (χ3v) is 3.39. The summed E-state index contributed by atoms with van der Waals surface area (Å²) < 4.78 is 0. The van der Waals surface area contributed by atoms with Crippen molar-refractivity contribution in [2.24, 2.45) is 10.9 Å². The lowest BCUT2D eigenvalue weighted by Gasteiger charge is -2.07. The van der Waals surface area contributed by atoms with Crippen molar-refractivity contribution in [3.05, 3.63) is 42.1 Å². The largest absolute Gasteiger partial charge is 0.382 e.